The minimum Gasteiger partial charge on any atom is -0.481 e. The minimum atomic E-state index is 0. The number of aliphatic imine (C=N–C) groups is 1. The van der Waals surface area contributed by atoms with Gasteiger partial charge in [-0.25, -0.2) is 9.98 Å². The third-order valence-electron chi connectivity index (χ3n) is 4.35. The molecule has 1 saturated carbocycles. The lowest BCUT2D eigenvalue weighted by Crippen LogP contribution is -2.37. The standard InChI is InChI=1S/C18H30N4O.HI/c1-3-19-18(21-13-6-10-15-8-4-5-9-15)22-14-16-11-7-12-20-17(16)23-2;/h7,11-12,15H,3-6,8-10,13-14H2,1-2H3,(H2,19,21,22);1H. The molecule has 0 spiro atoms. The van der Waals surface area contributed by atoms with E-state index in [1.807, 2.05) is 12.1 Å². The second-order valence-corrected chi connectivity index (χ2v) is 6.09. The van der Waals surface area contributed by atoms with Gasteiger partial charge in [-0.15, -0.1) is 24.0 Å². The first-order valence-corrected chi connectivity index (χ1v) is 8.83. The number of nitrogens with zero attached hydrogens (tertiary/aromatic N) is 2. The van der Waals surface area contributed by atoms with Crippen LogP contribution in [0.25, 0.3) is 0 Å². The van der Waals surface area contributed by atoms with Gasteiger partial charge in [0.25, 0.3) is 0 Å². The Bertz CT molecular complexity index is 490. The van der Waals surface area contributed by atoms with Gasteiger partial charge in [-0.3, -0.25) is 0 Å². The summed E-state index contributed by atoms with van der Waals surface area (Å²) in [5.74, 6) is 2.47. The molecular weight excluding hydrogens is 415 g/mol. The van der Waals surface area contributed by atoms with Gasteiger partial charge in [-0.05, 0) is 31.7 Å². The van der Waals surface area contributed by atoms with Crippen molar-refractivity contribution in [3.05, 3.63) is 23.9 Å². The number of rotatable bonds is 8. The fourth-order valence-electron chi connectivity index (χ4n) is 3.13. The van der Waals surface area contributed by atoms with Crippen LogP contribution in [-0.4, -0.2) is 31.1 Å². The lowest BCUT2D eigenvalue weighted by Gasteiger charge is -2.13. The average Bonchev–Trinajstić information content (AvgIpc) is 3.10. The van der Waals surface area contributed by atoms with E-state index in [4.69, 9.17) is 4.74 Å². The van der Waals surface area contributed by atoms with Crippen molar-refractivity contribution in [3.63, 3.8) is 0 Å². The molecule has 24 heavy (non-hydrogen) atoms. The van der Waals surface area contributed by atoms with E-state index in [1.54, 1.807) is 13.3 Å². The summed E-state index contributed by atoms with van der Waals surface area (Å²) in [5, 5.41) is 6.73. The lowest BCUT2D eigenvalue weighted by molar-refractivity contribution is 0.392. The number of methoxy groups -OCH3 is 1. The molecule has 136 valence electrons. The summed E-state index contributed by atoms with van der Waals surface area (Å²) in [7, 11) is 1.64. The van der Waals surface area contributed by atoms with Crippen molar-refractivity contribution in [3.8, 4) is 5.88 Å². The van der Waals surface area contributed by atoms with Gasteiger partial charge in [0.15, 0.2) is 5.96 Å². The van der Waals surface area contributed by atoms with Crippen molar-refractivity contribution >= 4 is 29.9 Å². The number of guanidine groups is 1. The van der Waals surface area contributed by atoms with Crippen LogP contribution in [0.3, 0.4) is 0 Å². The Morgan fingerprint density at radius 2 is 2.12 bits per heavy atom. The number of hydrogen-bond donors (Lipinski definition) is 2. The van der Waals surface area contributed by atoms with Gasteiger partial charge < -0.3 is 15.4 Å². The van der Waals surface area contributed by atoms with Crippen molar-refractivity contribution in [2.45, 2.75) is 52.0 Å². The fraction of sp³-hybridized carbons (Fsp3) is 0.667. The van der Waals surface area contributed by atoms with Crippen LogP contribution in [-0.2, 0) is 6.54 Å². The first-order valence-electron chi connectivity index (χ1n) is 8.83. The number of halogens is 1. The maximum absolute atomic E-state index is 5.27. The minimum absolute atomic E-state index is 0. The summed E-state index contributed by atoms with van der Waals surface area (Å²) in [5.41, 5.74) is 0.998. The maximum atomic E-state index is 5.27. The summed E-state index contributed by atoms with van der Waals surface area (Å²) in [6, 6.07) is 3.91. The van der Waals surface area contributed by atoms with Crippen LogP contribution >= 0.6 is 24.0 Å². The zero-order valence-electron chi connectivity index (χ0n) is 14.9. The molecule has 6 heteroatoms. The van der Waals surface area contributed by atoms with Crippen LogP contribution in [0, 0.1) is 5.92 Å². The second-order valence-electron chi connectivity index (χ2n) is 6.09. The molecule has 0 aromatic carbocycles. The summed E-state index contributed by atoms with van der Waals surface area (Å²) in [4.78, 5) is 8.84. The highest BCUT2D eigenvalue weighted by molar-refractivity contribution is 14.0. The van der Waals surface area contributed by atoms with Crippen molar-refractivity contribution in [1.82, 2.24) is 15.6 Å². The molecule has 0 radical (unpaired) electrons. The van der Waals surface area contributed by atoms with E-state index in [-0.39, 0.29) is 24.0 Å². The molecule has 0 amide bonds. The highest BCUT2D eigenvalue weighted by Gasteiger charge is 2.14. The van der Waals surface area contributed by atoms with Crippen LogP contribution in [0.15, 0.2) is 23.3 Å². The zero-order valence-corrected chi connectivity index (χ0v) is 17.2. The molecule has 1 fully saturated rings. The van der Waals surface area contributed by atoms with Gasteiger partial charge in [0.05, 0.1) is 13.7 Å². The highest BCUT2D eigenvalue weighted by atomic mass is 127. The first-order chi connectivity index (χ1) is 11.3. The molecule has 2 N–H and O–H groups in total. The Morgan fingerprint density at radius 1 is 1.33 bits per heavy atom. The number of aromatic nitrogens is 1. The molecule has 1 aliphatic carbocycles. The summed E-state index contributed by atoms with van der Waals surface area (Å²) >= 11 is 0. The Labute approximate surface area is 163 Å². The van der Waals surface area contributed by atoms with E-state index in [9.17, 15) is 0 Å². The van der Waals surface area contributed by atoms with E-state index in [1.165, 1.54) is 38.5 Å². The average molecular weight is 446 g/mol. The van der Waals surface area contributed by atoms with Gasteiger partial charge >= 0.3 is 0 Å². The van der Waals surface area contributed by atoms with Gasteiger partial charge in [-0.1, -0.05) is 31.7 Å². The SMILES string of the molecule is CCNC(=NCc1cccnc1OC)NCCCC1CCCC1.I. The molecule has 0 aliphatic heterocycles. The van der Waals surface area contributed by atoms with Crippen LogP contribution < -0.4 is 15.4 Å². The summed E-state index contributed by atoms with van der Waals surface area (Å²) in [6.45, 7) is 4.49. The van der Waals surface area contributed by atoms with Crippen LogP contribution in [0.4, 0.5) is 0 Å². The van der Waals surface area contributed by atoms with E-state index in [0.29, 0.717) is 12.4 Å². The largest absolute Gasteiger partial charge is 0.481 e. The van der Waals surface area contributed by atoms with Crippen LogP contribution in [0.2, 0.25) is 0 Å². The Balaban J connectivity index is 0.00000288. The number of ether oxygens (including phenoxy) is 1. The smallest absolute Gasteiger partial charge is 0.218 e. The van der Waals surface area contributed by atoms with Gasteiger partial charge in [0.2, 0.25) is 5.88 Å². The summed E-state index contributed by atoms with van der Waals surface area (Å²) < 4.78 is 5.27. The molecule has 1 aliphatic rings. The summed E-state index contributed by atoms with van der Waals surface area (Å²) in [6.07, 6.45) is 9.99. The van der Waals surface area contributed by atoms with Crippen LogP contribution in [0.5, 0.6) is 5.88 Å². The monoisotopic (exact) mass is 446 g/mol. The Hall–Kier alpha value is -1.05. The van der Waals surface area contributed by atoms with E-state index in [0.717, 1.165) is 30.5 Å². The highest BCUT2D eigenvalue weighted by Crippen LogP contribution is 2.28. The van der Waals surface area contributed by atoms with E-state index >= 15 is 0 Å². The molecule has 0 unspecified atom stereocenters. The van der Waals surface area contributed by atoms with Gasteiger partial charge in [-0.2, -0.15) is 0 Å². The van der Waals surface area contributed by atoms with Crippen molar-refractivity contribution < 1.29 is 4.74 Å². The third-order valence-corrected chi connectivity index (χ3v) is 4.35. The van der Waals surface area contributed by atoms with E-state index < -0.39 is 0 Å². The molecule has 0 bridgehead atoms. The lowest BCUT2D eigenvalue weighted by atomic mass is 10.0. The molecule has 0 atom stereocenters. The maximum Gasteiger partial charge on any atom is 0.218 e. The second kappa shape index (κ2) is 12.3. The normalized spacial score (nSPS) is 15.0. The molecule has 0 saturated heterocycles. The predicted octanol–water partition coefficient (Wildman–Crippen LogP) is 3.73. The Morgan fingerprint density at radius 3 is 2.83 bits per heavy atom. The topological polar surface area (TPSA) is 58.5 Å². The number of hydrogen-bond acceptors (Lipinski definition) is 3. The van der Waals surface area contributed by atoms with Crippen LogP contribution in [0.1, 0.15) is 51.0 Å². The fourth-order valence-corrected chi connectivity index (χ4v) is 3.13. The van der Waals surface area contributed by atoms with Crippen molar-refractivity contribution in [2.24, 2.45) is 10.9 Å². The molecule has 1 aromatic heterocycles. The Kier molecular flexibility index (Phi) is 10.8. The molecule has 1 heterocycles. The van der Waals surface area contributed by atoms with Crippen molar-refractivity contribution in [1.29, 1.82) is 0 Å². The van der Waals surface area contributed by atoms with Crippen molar-refractivity contribution in [2.75, 3.05) is 20.2 Å². The first kappa shape index (κ1) is 21.0. The molecule has 2 rings (SSSR count). The quantitative estimate of drug-likeness (QED) is 0.277. The predicted molar refractivity (Wildman–Crippen MR) is 110 cm³/mol. The van der Waals surface area contributed by atoms with Gasteiger partial charge in [0, 0.05) is 24.8 Å². The third kappa shape index (κ3) is 7.23. The number of nitrogens with one attached hydrogen (secondary N) is 2. The molecule has 1 aromatic rings. The zero-order chi connectivity index (χ0) is 16.3. The molecule has 5 nitrogen and oxygen atoms in total. The number of pyridine rings is 1. The molecular formula is C18H31IN4O. The van der Waals surface area contributed by atoms with E-state index in [2.05, 4.69) is 27.5 Å². The van der Waals surface area contributed by atoms with Gasteiger partial charge in [0.1, 0.15) is 0 Å².